The van der Waals surface area contributed by atoms with Gasteiger partial charge in [0.2, 0.25) is 5.82 Å². The maximum absolute atomic E-state index is 13.9. The zero-order chi connectivity index (χ0) is 16.2. The molecule has 2 fully saturated rings. The summed E-state index contributed by atoms with van der Waals surface area (Å²) in [6, 6.07) is -1.25. The summed E-state index contributed by atoms with van der Waals surface area (Å²) < 4.78 is 67.5. The highest BCUT2D eigenvalue weighted by atomic mass is 19.2. The Bertz CT molecular complexity index is 568. The molecule has 1 aromatic carbocycles. The molecule has 1 aromatic rings. The lowest BCUT2D eigenvalue weighted by molar-refractivity contribution is -0.213. The van der Waals surface area contributed by atoms with Crippen LogP contribution in [0.25, 0.3) is 0 Å². The Morgan fingerprint density at radius 2 is 1.05 bits per heavy atom. The van der Waals surface area contributed by atoms with E-state index in [-0.39, 0.29) is 0 Å². The van der Waals surface area contributed by atoms with Gasteiger partial charge in [-0.2, -0.15) is 10.1 Å². The third-order valence-corrected chi connectivity index (χ3v) is 4.38. The number of hydrogen-bond donors (Lipinski definition) is 2. The number of halogens is 5. The van der Waals surface area contributed by atoms with Crippen LogP contribution in [0.2, 0.25) is 0 Å². The van der Waals surface area contributed by atoms with Gasteiger partial charge in [-0.25, -0.2) is 22.0 Å². The molecule has 0 radical (unpaired) electrons. The normalized spacial score (nSPS) is 29.9. The average Bonchev–Trinajstić information content (AvgIpc) is 2.77. The predicted molar refractivity (Wildman–Crippen MR) is 62.3 cm³/mol. The molecule has 1 aliphatic heterocycles. The molecule has 1 saturated carbocycles. The molecular formula is C13H13F5N2O2. The minimum Gasteiger partial charge on any atom is -0.312 e. The summed E-state index contributed by atoms with van der Waals surface area (Å²) in [5.74, 6) is -10.6. The zero-order valence-corrected chi connectivity index (χ0v) is 11.2. The molecule has 4 nitrogen and oxygen atoms in total. The van der Waals surface area contributed by atoms with Gasteiger partial charge < -0.3 is 10.4 Å². The third-order valence-electron chi connectivity index (χ3n) is 4.38. The van der Waals surface area contributed by atoms with Crippen LogP contribution in [0, 0.1) is 29.1 Å². The molecule has 0 aromatic heterocycles. The van der Waals surface area contributed by atoms with Gasteiger partial charge in [-0.05, 0) is 12.8 Å². The SMILES string of the molecule is ON1C(c2c(F)c(F)c(F)c(F)c2F)N(O)[C@H]2CCCC[C@H]21. The first-order chi connectivity index (χ1) is 10.4. The number of hydrogen-bond acceptors (Lipinski definition) is 4. The summed E-state index contributed by atoms with van der Waals surface area (Å²) in [4.78, 5) is 0. The minimum atomic E-state index is -2.27. The lowest BCUT2D eigenvalue weighted by Gasteiger charge is -2.27. The van der Waals surface area contributed by atoms with E-state index in [0.29, 0.717) is 23.0 Å². The fourth-order valence-electron chi connectivity index (χ4n) is 3.31. The van der Waals surface area contributed by atoms with Crippen LogP contribution >= 0.6 is 0 Å². The van der Waals surface area contributed by atoms with Crippen LogP contribution in [0.1, 0.15) is 37.4 Å². The monoisotopic (exact) mass is 324 g/mol. The first kappa shape index (κ1) is 15.6. The number of nitrogens with zero attached hydrogens (tertiary/aromatic N) is 2. The van der Waals surface area contributed by atoms with Crippen LogP contribution in [0.5, 0.6) is 0 Å². The summed E-state index contributed by atoms with van der Waals surface area (Å²) in [5.41, 5.74) is -1.25. The molecule has 2 aliphatic rings. The van der Waals surface area contributed by atoms with Crippen molar-refractivity contribution in [1.82, 2.24) is 10.1 Å². The van der Waals surface area contributed by atoms with Gasteiger partial charge in [0.1, 0.15) is 6.17 Å². The molecular weight excluding hydrogens is 311 g/mol. The first-order valence-electron chi connectivity index (χ1n) is 6.82. The van der Waals surface area contributed by atoms with E-state index < -0.39 is 52.9 Å². The van der Waals surface area contributed by atoms with Gasteiger partial charge in [-0.1, -0.05) is 12.8 Å². The highest BCUT2D eigenvalue weighted by molar-refractivity contribution is 5.27. The van der Waals surface area contributed by atoms with Gasteiger partial charge in [0.25, 0.3) is 0 Å². The van der Waals surface area contributed by atoms with Crippen LogP contribution in [-0.2, 0) is 0 Å². The van der Waals surface area contributed by atoms with Crippen LogP contribution in [0.15, 0.2) is 0 Å². The molecule has 1 aliphatic carbocycles. The van der Waals surface area contributed by atoms with Gasteiger partial charge in [0, 0.05) is 0 Å². The van der Waals surface area contributed by atoms with E-state index in [1.54, 1.807) is 0 Å². The van der Waals surface area contributed by atoms with E-state index in [0.717, 1.165) is 12.8 Å². The molecule has 0 bridgehead atoms. The van der Waals surface area contributed by atoms with E-state index >= 15 is 0 Å². The van der Waals surface area contributed by atoms with Crippen molar-refractivity contribution in [2.24, 2.45) is 0 Å². The summed E-state index contributed by atoms with van der Waals surface area (Å²) in [6.07, 6.45) is 0.526. The predicted octanol–water partition coefficient (Wildman–Crippen LogP) is 3.09. The Morgan fingerprint density at radius 1 is 0.682 bits per heavy atom. The second-order valence-corrected chi connectivity index (χ2v) is 5.54. The van der Waals surface area contributed by atoms with Crippen molar-refractivity contribution in [3.05, 3.63) is 34.6 Å². The Balaban J connectivity index is 2.11. The molecule has 3 atom stereocenters. The fourth-order valence-corrected chi connectivity index (χ4v) is 3.31. The van der Waals surface area contributed by atoms with Gasteiger partial charge in [-0.15, -0.1) is 0 Å². The average molecular weight is 324 g/mol. The van der Waals surface area contributed by atoms with Crippen molar-refractivity contribution < 1.29 is 32.4 Å². The Hall–Kier alpha value is -1.29. The molecule has 3 rings (SSSR count). The summed E-state index contributed by atoms with van der Waals surface area (Å²) in [5, 5.41) is 21.1. The number of rotatable bonds is 1. The van der Waals surface area contributed by atoms with Crippen molar-refractivity contribution in [3.8, 4) is 0 Å². The molecule has 1 heterocycles. The molecule has 0 amide bonds. The molecule has 1 saturated heterocycles. The van der Waals surface area contributed by atoms with E-state index in [9.17, 15) is 32.4 Å². The highest BCUT2D eigenvalue weighted by Crippen LogP contribution is 2.43. The molecule has 2 N–H and O–H groups in total. The molecule has 0 spiro atoms. The van der Waals surface area contributed by atoms with Gasteiger partial charge in [0.15, 0.2) is 23.3 Å². The Labute approximate surface area is 122 Å². The number of benzene rings is 1. The standard InChI is InChI=1S/C13H13F5N2O2/c14-8-7(9(15)11(17)12(18)10(8)16)13-19(21)5-3-1-2-4-6(5)20(13)22/h5-6,13,21-22H,1-4H2/t5-,6+,13?. The molecule has 1 unspecified atom stereocenters. The van der Waals surface area contributed by atoms with Crippen molar-refractivity contribution in [2.75, 3.05) is 0 Å². The van der Waals surface area contributed by atoms with E-state index in [1.165, 1.54) is 0 Å². The van der Waals surface area contributed by atoms with Crippen LogP contribution in [0.3, 0.4) is 0 Å². The van der Waals surface area contributed by atoms with E-state index in [2.05, 4.69) is 0 Å². The number of fused-ring (bicyclic) bond motifs is 1. The zero-order valence-electron chi connectivity index (χ0n) is 11.2. The van der Waals surface area contributed by atoms with Crippen molar-refractivity contribution >= 4 is 0 Å². The van der Waals surface area contributed by atoms with Crippen LogP contribution in [0.4, 0.5) is 22.0 Å². The lowest BCUT2D eigenvalue weighted by atomic mass is 9.91. The van der Waals surface area contributed by atoms with Crippen molar-refractivity contribution in [2.45, 2.75) is 43.9 Å². The quantitative estimate of drug-likeness (QED) is 0.473. The van der Waals surface area contributed by atoms with Gasteiger partial charge in [0.05, 0.1) is 17.6 Å². The molecule has 122 valence electrons. The highest BCUT2D eigenvalue weighted by Gasteiger charge is 2.50. The maximum Gasteiger partial charge on any atom is 0.200 e. The van der Waals surface area contributed by atoms with Gasteiger partial charge in [-0.3, -0.25) is 0 Å². The molecule has 22 heavy (non-hydrogen) atoms. The van der Waals surface area contributed by atoms with Crippen LogP contribution in [-0.4, -0.2) is 32.6 Å². The Kier molecular flexibility index (Phi) is 3.84. The van der Waals surface area contributed by atoms with Crippen molar-refractivity contribution in [3.63, 3.8) is 0 Å². The summed E-state index contributed by atoms with van der Waals surface area (Å²) in [7, 11) is 0. The second-order valence-electron chi connectivity index (χ2n) is 5.54. The van der Waals surface area contributed by atoms with Crippen LogP contribution < -0.4 is 0 Å². The van der Waals surface area contributed by atoms with Gasteiger partial charge >= 0.3 is 0 Å². The second kappa shape index (κ2) is 5.41. The largest absolute Gasteiger partial charge is 0.312 e. The number of hydroxylamine groups is 4. The topological polar surface area (TPSA) is 46.9 Å². The lowest BCUT2D eigenvalue weighted by Crippen LogP contribution is -2.37. The van der Waals surface area contributed by atoms with Crippen molar-refractivity contribution in [1.29, 1.82) is 0 Å². The summed E-state index contributed by atoms with van der Waals surface area (Å²) in [6.45, 7) is 0. The maximum atomic E-state index is 13.9. The molecule has 9 heteroatoms. The van der Waals surface area contributed by atoms with E-state index in [4.69, 9.17) is 0 Å². The first-order valence-corrected chi connectivity index (χ1v) is 6.82. The minimum absolute atomic E-state index is 0.449. The summed E-state index contributed by atoms with van der Waals surface area (Å²) >= 11 is 0. The Morgan fingerprint density at radius 3 is 1.45 bits per heavy atom. The third kappa shape index (κ3) is 2.03. The fraction of sp³-hybridized carbons (Fsp3) is 0.538. The van der Waals surface area contributed by atoms with E-state index in [1.807, 2.05) is 0 Å². The smallest absolute Gasteiger partial charge is 0.200 e.